The number of esters is 1. The van der Waals surface area contributed by atoms with E-state index in [-0.39, 0.29) is 29.9 Å². The van der Waals surface area contributed by atoms with Crippen molar-refractivity contribution in [2.75, 3.05) is 26.1 Å². The Hall–Kier alpha value is -3.46. The molecule has 0 fully saturated rings. The summed E-state index contributed by atoms with van der Waals surface area (Å²) in [6.07, 6.45) is 0.496. The molecule has 0 aliphatic carbocycles. The summed E-state index contributed by atoms with van der Waals surface area (Å²) in [4.78, 5) is 36.5. The fourth-order valence-electron chi connectivity index (χ4n) is 3.75. The number of aryl methyl sites for hydroxylation is 1. The molecule has 2 aromatic rings. The van der Waals surface area contributed by atoms with Crippen LogP contribution in [0.5, 0.6) is 5.75 Å². The van der Waals surface area contributed by atoms with Crippen LogP contribution >= 0.6 is 0 Å². The Morgan fingerprint density at radius 1 is 1.23 bits per heavy atom. The highest BCUT2D eigenvalue weighted by Gasteiger charge is 2.37. The van der Waals surface area contributed by atoms with Crippen molar-refractivity contribution in [3.63, 3.8) is 0 Å². The van der Waals surface area contributed by atoms with Crippen molar-refractivity contribution < 1.29 is 28.9 Å². The van der Waals surface area contributed by atoms with E-state index >= 15 is 0 Å². The van der Waals surface area contributed by atoms with Gasteiger partial charge in [0.05, 0.1) is 19.1 Å². The van der Waals surface area contributed by atoms with Crippen LogP contribution in [0.1, 0.15) is 16.7 Å². The number of nitro benzene ring substituents is 1. The minimum Gasteiger partial charge on any atom is -0.490 e. The van der Waals surface area contributed by atoms with Crippen LogP contribution in [0, 0.1) is 17.0 Å². The highest BCUT2D eigenvalue weighted by molar-refractivity contribution is 5.93. The minimum atomic E-state index is -0.534. The van der Waals surface area contributed by atoms with Gasteiger partial charge >= 0.3 is 11.7 Å². The van der Waals surface area contributed by atoms with Crippen LogP contribution < -0.4 is 15.0 Å². The second-order valence-electron chi connectivity index (χ2n) is 7.20. The molecular formula is C21H24N3O6+. The van der Waals surface area contributed by atoms with Crippen molar-refractivity contribution in [1.29, 1.82) is 0 Å². The molecule has 158 valence electrons. The van der Waals surface area contributed by atoms with Crippen molar-refractivity contribution in [3.8, 4) is 5.75 Å². The largest absolute Gasteiger partial charge is 0.490 e. The number of fused-ring (bicyclic) bond motifs is 1. The molecule has 2 N–H and O–H groups in total. The lowest BCUT2D eigenvalue weighted by Crippen LogP contribution is -3.17. The smallest absolute Gasteiger partial charge is 0.365 e. The number of ether oxygens (including phenoxy) is 2. The molecule has 1 heterocycles. The summed E-state index contributed by atoms with van der Waals surface area (Å²) >= 11 is 0. The Balaban J connectivity index is 1.79. The fourth-order valence-corrected chi connectivity index (χ4v) is 3.75. The minimum absolute atomic E-state index is 0.0485. The molecule has 0 saturated carbocycles. The van der Waals surface area contributed by atoms with Gasteiger partial charge in [-0.05, 0) is 18.1 Å². The lowest BCUT2D eigenvalue weighted by atomic mass is 9.94. The van der Waals surface area contributed by atoms with Crippen LogP contribution in [0.4, 0.5) is 11.4 Å². The van der Waals surface area contributed by atoms with E-state index in [4.69, 9.17) is 9.47 Å². The summed E-state index contributed by atoms with van der Waals surface area (Å²) in [6, 6.07) is 10.1. The molecule has 9 nitrogen and oxygen atoms in total. The first-order valence-electron chi connectivity index (χ1n) is 9.46. The Kier molecular flexibility index (Phi) is 6.31. The highest BCUT2D eigenvalue weighted by Crippen LogP contribution is 2.32. The van der Waals surface area contributed by atoms with Crippen molar-refractivity contribution in [1.82, 2.24) is 0 Å². The van der Waals surface area contributed by atoms with E-state index < -0.39 is 11.0 Å². The number of rotatable bonds is 6. The first-order valence-corrected chi connectivity index (χ1v) is 9.46. The molecule has 0 spiro atoms. The average Bonchev–Trinajstić information content (AvgIpc) is 2.73. The zero-order valence-corrected chi connectivity index (χ0v) is 17.1. The third kappa shape index (κ3) is 4.41. The van der Waals surface area contributed by atoms with Gasteiger partial charge in [-0.25, -0.2) is 4.79 Å². The van der Waals surface area contributed by atoms with Gasteiger partial charge in [-0.2, -0.15) is 0 Å². The molecular weight excluding hydrogens is 390 g/mol. The average molecular weight is 414 g/mol. The summed E-state index contributed by atoms with van der Waals surface area (Å²) in [6.45, 7) is 2.24. The quantitative estimate of drug-likeness (QED) is 0.415. The van der Waals surface area contributed by atoms with Crippen LogP contribution in [-0.2, 0) is 27.3 Å². The predicted molar refractivity (Wildman–Crippen MR) is 108 cm³/mol. The second kappa shape index (κ2) is 8.91. The Labute approximate surface area is 173 Å². The summed E-state index contributed by atoms with van der Waals surface area (Å²) in [7, 11) is 2.67. The summed E-state index contributed by atoms with van der Waals surface area (Å²) < 4.78 is 10.0. The van der Waals surface area contributed by atoms with E-state index in [1.807, 2.05) is 24.3 Å². The number of methoxy groups -OCH3 is 2. The van der Waals surface area contributed by atoms with E-state index in [0.29, 0.717) is 24.2 Å². The van der Waals surface area contributed by atoms with Gasteiger partial charge in [-0.1, -0.05) is 24.3 Å². The van der Waals surface area contributed by atoms with E-state index in [1.165, 1.54) is 26.4 Å². The number of carbonyl (C=O) groups excluding carboxylic acids is 2. The van der Waals surface area contributed by atoms with Gasteiger partial charge < -0.3 is 19.7 Å². The number of hydrogen-bond donors (Lipinski definition) is 2. The number of nitrogens with zero attached hydrogens (tertiary/aromatic N) is 1. The number of hydrogen-bond acceptors (Lipinski definition) is 6. The first kappa shape index (κ1) is 21.3. The van der Waals surface area contributed by atoms with E-state index in [0.717, 1.165) is 16.0 Å². The maximum atomic E-state index is 12.8. The Morgan fingerprint density at radius 3 is 2.57 bits per heavy atom. The van der Waals surface area contributed by atoms with Crippen molar-refractivity contribution in [2.24, 2.45) is 0 Å². The van der Waals surface area contributed by atoms with Crippen LogP contribution in [0.3, 0.4) is 0 Å². The summed E-state index contributed by atoms with van der Waals surface area (Å²) in [5.74, 6) is -0.606. The molecule has 2 aromatic carbocycles. The number of quaternary nitrogens is 1. The third-order valence-corrected chi connectivity index (χ3v) is 5.32. The molecule has 0 radical (unpaired) electrons. The van der Waals surface area contributed by atoms with Crippen molar-refractivity contribution >= 4 is 23.3 Å². The SMILES string of the molecule is COC(=O)[C@H]1Cc2ccccc2C[NH+]1CC(=O)Nc1cc(OC)c([N+](=O)[O-])cc1C. The molecule has 1 unspecified atom stereocenters. The molecule has 1 aliphatic heterocycles. The maximum absolute atomic E-state index is 12.8. The summed E-state index contributed by atoms with van der Waals surface area (Å²) in [5.41, 5.74) is 2.96. The fraction of sp³-hybridized carbons (Fsp3) is 0.333. The first-order chi connectivity index (χ1) is 14.3. The van der Waals surface area contributed by atoms with Gasteiger partial charge in [0.15, 0.2) is 18.3 Å². The van der Waals surface area contributed by atoms with Gasteiger partial charge in [-0.15, -0.1) is 0 Å². The van der Waals surface area contributed by atoms with E-state index in [9.17, 15) is 19.7 Å². The van der Waals surface area contributed by atoms with E-state index in [2.05, 4.69) is 5.32 Å². The third-order valence-electron chi connectivity index (χ3n) is 5.32. The molecule has 1 amide bonds. The standard InChI is InChI=1S/C21H23N3O6/c1-13-8-17(24(27)28)19(29-2)10-16(13)22-20(25)12-23-11-15-7-5-4-6-14(15)9-18(23)21(26)30-3/h4-8,10,18H,9,11-12H2,1-3H3,(H,22,25)/p+1/t18-/m1/s1. The van der Waals surface area contributed by atoms with Gasteiger partial charge in [0.25, 0.3) is 5.91 Å². The molecule has 0 bridgehead atoms. The zero-order chi connectivity index (χ0) is 21.8. The second-order valence-corrected chi connectivity index (χ2v) is 7.20. The normalized spacial score (nSPS) is 17.6. The molecule has 0 aromatic heterocycles. The highest BCUT2D eigenvalue weighted by atomic mass is 16.6. The molecule has 30 heavy (non-hydrogen) atoms. The molecule has 2 atom stereocenters. The molecule has 1 aliphatic rings. The topological polar surface area (TPSA) is 112 Å². The lowest BCUT2D eigenvalue weighted by Gasteiger charge is -2.31. The number of nitrogens with one attached hydrogen (secondary N) is 2. The van der Waals surface area contributed by atoms with Crippen LogP contribution in [-0.4, -0.2) is 43.6 Å². The van der Waals surface area contributed by atoms with Crippen LogP contribution in [0.25, 0.3) is 0 Å². The predicted octanol–water partition coefficient (Wildman–Crippen LogP) is 1.03. The monoisotopic (exact) mass is 414 g/mol. The van der Waals surface area contributed by atoms with E-state index in [1.54, 1.807) is 6.92 Å². The summed E-state index contributed by atoms with van der Waals surface area (Å²) in [5, 5.41) is 13.9. The Bertz CT molecular complexity index is 991. The number of anilines is 1. The van der Waals surface area contributed by atoms with Crippen LogP contribution in [0.2, 0.25) is 0 Å². The zero-order valence-electron chi connectivity index (χ0n) is 17.1. The Morgan fingerprint density at radius 2 is 1.93 bits per heavy atom. The van der Waals surface area contributed by atoms with Crippen molar-refractivity contribution in [3.05, 3.63) is 63.2 Å². The lowest BCUT2D eigenvalue weighted by molar-refractivity contribution is -0.924. The number of benzene rings is 2. The van der Waals surface area contributed by atoms with Gasteiger partial charge in [0, 0.05) is 29.8 Å². The molecule has 0 saturated heterocycles. The van der Waals surface area contributed by atoms with Gasteiger partial charge in [0.1, 0.15) is 6.54 Å². The molecule has 3 rings (SSSR count). The maximum Gasteiger partial charge on any atom is 0.365 e. The number of nitro groups is 1. The number of amides is 1. The van der Waals surface area contributed by atoms with Gasteiger partial charge in [-0.3, -0.25) is 14.9 Å². The van der Waals surface area contributed by atoms with Crippen molar-refractivity contribution in [2.45, 2.75) is 25.9 Å². The number of carbonyl (C=O) groups is 2. The van der Waals surface area contributed by atoms with Crippen LogP contribution in [0.15, 0.2) is 36.4 Å². The molecule has 9 heteroatoms. The van der Waals surface area contributed by atoms with Gasteiger partial charge in [0.2, 0.25) is 0 Å².